The van der Waals surface area contributed by atoms with E-state index in [-0.39, 0.29) is 18.2 Å². The average molecular weight is 219 g/mol. The van der Waals surface area contributed by atoms with Gasteiger partial charge in [0.25, 0.3) is 5.91 Å². The lowest BCUT2D eigenvalue weighted by Gasteiger charge is -2.07. The van der Waals surface area contributed by atoms with Crippen LogP contribution in [0.2, 0.25) is 0 Å². The van der Waals surface area contributed by atoms with Crippen LogP contribution in [-0.2, 0) is 4.79 Å². The Bertz CT molecular complexity index is 448. The third-order valence-corrected chi connectivity index (χ3v) is 2.61. The number of hydrogen-bond acceptors (Lipinski definition) is 3. The fraction of sp³-hybridized carbons (Fsp3) is 0.250. The van der Waals surface area contributed by atoms with Crippen molar-refractivity contribution in [2.45, 2.75) is 0 Å². The van der Waals surface area contributed by atoms with Gasteiger partial charge in [0, 0.05) is 7.05 Å². The van der Waals surface area contributed by atoms with Crippen LogP contribution >= 0.6 is 0 Å². The molecule has 1 aliphatic rings. The van der Waals surface area contributed by atoms with E-state index in [0.29, 0.717) is 11.1 Å². The number of hydrogen-bond donors (Lipinski definition) is 1. The third kappa shape index (κ3) is 1.62. The SMILES string of the molecule is COc1ccc(C2=C(O)CN(C)C2=O)cc1. The van der Waals surface area contributed by atoms with E-state index in [0.717, 1.165) is 5.75 Å². The second kappa shape index (κ2) is 3.89. The summed E-state index contributed by atoms with van der Waals surface area (Å²) in [7, 11) is 3.25. The Hall–Kier alpha value is -1.97. The van der Waals surface area contributed by atoms with Crippen LogP contribution in [0.3, 0.4) is 0 Å². The summed E-state index contributed by atoms with van der Waals surface area (Å²) in [6.45, 7) is 0.278. The summed E-state index contributed by atoms with van der Waals surface area (Å²) in [6.07, 6.45) is 0. The summed E-state index contributed by atoms with van der Waals surface area (Å²) in [4.78, 5) is 13.2. The number of methoxy groups -OCH3 is 1. The summed E-state index contributed by atoms with van der Waals surface area (Å²) < 4.78 is 5.03. The molecule has 84 valence electrons. The molecule has 0 saturated carbocycles. The van der Waals surface area contributed by atoms with E-state index in [2.05, 4.69) is 0 Å². The van der Waals surface area contributed by atoms with Gasteiger partial charge in [0.2, 0.25) is 0 Å². The topological polar surface area (TPSA) is 49.8 Å². The Morgan fingerprint density at radius 3 is 2.38 bits per heavy atom. The molecule has 0 aromatic heterocycles. The lowest BCUT2D eigenvalue weighted by atomic mass is 10.1. The highest BCUT2D eigenvalue weighted by Gasteiger charge is 2.28. The van der Waals surface area contributed by atoms with Gasteiger partial charge in [-0.2, -0.15) is 0 Å². The molecule has 0 bridgehead atoms. The van der Waals surface area contributed by atoms with Gasteiger partial charge >= 0.3 is 0 Å². The second-order valence-electron chi connectivity index (χ2n) is 3.71. The number of amides is 1. The van der Waals surface area contributed by atoms with Crippen molar-refractivity contribution >= 4 is 11.5 Å². The summed E-state index contributed by atoms with van der Waals surface area (Å²) in [5.74, 6) is 0.697. The van der Waals surface area contributed by atoms with Crippen molar-refractivity contribution in [3.8, 4) is 5.75 Å². The number of carbonyl (C=O) groups excluding carboxylic acids is 1. The minimum Gasteiger partial charge on any atom is -0.510 e. The number of carbonyl (C=O) groups is 1. The first-order valence-corrected chi connectivity index (χ1v) is 4.95. The molecule has 4 heteroatoms. The van der Waals surface area contributed by atoms with Gasteiger partial charge in [-0.25, -0.2) is 0 Å². The van der Waals surface area contributed by atoms with Gasteiger partial charge in [0.15, 0.2) is 0 Å². The van der Waals surface area contributed by atoms with Crippen molar-refractivity contribution in [3.05, 3.63) is 35.6 Å². The Morgan fingerprint density at radius 2 is 1.94 bits per heavy atom. The fourth-order valence-corrected chi connectivity index (χ4v) is 1.74. The molecule has 1 heterocycles. The molecule has 1 amide bonds. The minimum atomic E-state index is -0.150. The molecule has 16 heavy (non-hydrogen) atoms. The van der Waals surface area contributed by atoms with Gasteiger partial charge in [-0.3, -0.25) is 4.79 Å². The Kier molecular flexibility index (Phi) is 2.56. The largest absolute Gasteiger partial charge is 0.510 e. The molecule has 4 nitrogen and oxygen atoms in total. The van der Waals surface area contributed by atoms with Crippen LogP contribution in [0, 0.1) is 0 Å². The van der Waals surface area contributed by atoms with Gasteiger partial charge in [0.05, 0.1) is 19.2 Å². The lowest BCUT2D eigenvalue weighted by Crippen LogP contribution is -2.21. The summed E-state index contributed by atoms with van der Waals surface area (Å²) in [5, 5.41) is 9.70. The van der Waals surface area contributed by atoms with E-state index in [1.807, 2.05) is 0 Å². The molecule has 1 aromatic carbocycles. The first kappa shape index (κ1) is 10.5. The number of ether oxygens (including phenoxy) is 1. The second-order valence-corrected chi connectivity index (χ2v) is 3.71. The van der Waals surface area contributed by atoms with Gasteiger partial charge in [-0.15, -0.1) is 0 Å². The standard InChI is InChI=1S/C12H13NO3/c1-13-7-10(14)11(12(13)15)8-3-5-9(16-2)6-4-8/h3-6,14H,7H2,1-2H3. The van der Waals surface area contributed by atoms with E-state index in [1.54, 1.807) is 38.4 Å². The third-order valence-electron chi connectivity index (χ3n) is 2.61. The maximum Gasteiger partial charge on any atom is 0.258 e. The van der Waals surface area contributed by atoms with Gasteiger partial charge in [-0.1, -0.05) is 12.1 Å². The highest BCUT2D eigenvalue weighted by molar-refractivity contribution is 6.22. The van der Waals surface area contributed by atoms with E-state index in [9.17, 15) is 9.90 Å². The van der Waals surface area contributed by atoms with Crippen LogP contribution in [0.4, 0.5) is 0 Å². The molecule has 0 atom stereocenters. The first-order chi connectivity index (χ1) is 7.63. The Balaban J connectivity index is 2.37. The number of nitrogens with zero attached hydrogens (tertiary/aromatic N) is 1. The maximum absolute atomic E-state index is 11.7. The predicted molar refractivity (Wildman–Crippen MR) is 60.2 cm³/mol. The fourth-order valence-electron chi connectivity index (χ4n) is 1.74. The number of likely N-dealkylation sites (N-methyl/N-ethyl adjacent to an activating group) is 1. The zero-order valence-corrected chi connectivity index (χ0v) is 9.23. The van der Waals surface area contributed by atoms with Crippen molar-refractivity contribution in [1.82, 2.24) is 4.90 Å². The normalized spacial score (nSPS) is 15.9. The van der Waals surface area contributed by atoms with E-state index in [1.165, 1.54) is 4.90 Å². The van der Waals surface area contributed by atoms with Crippen LogP contribution in [0.15, 0.2) is 30.0 Å². The molecule has 1 N–H and O–H groups in total. The lowest BCUT2D eigenvalue weighted by molar-refractivity contribution is -0.122. The minimum absolute atomic E-state index is 0.123. The summed E-state index contributed by atoms with van der Waals surface area (Å²) >= 11 is 0. The highest BCUT2D eigenvalue weighted by atomic mass is 16.5. The molecule has 0 radical (unpaired) electrons. The molecule has 0 fully saturated rings. The molecule has 0 saturated heterocycles. The van der Waals surface area contributed by atoms with Crippen LogP contribution in [0.25, 0.3) is 5.57 Å². The van der Waals surface area contributed by atoms with Gasteiger partial charge in [0.1, 0.15) is 11.5 Å². The monoisotopic (exact) mass is 219 g/mol. The van der Waals surface area contributed by atoms with E-state index in [4.69, 9.17) is 4.74 Å². The van der Waals surface area contributed by atoms with Crippen LogP contribution in [-0.4, -0.2) is 36.6 Å². The Labute approximate surface area is 93.8 Å². The van der Waals surface area contributed by atoms with Crippen LogP contribution < -0.4 is 4.74 Å². The smallest absolute Gasteiger partial charge is 0.258 e. The zero-order valence-electron chi connectivity index (χ0n) is 9.23. The Morgan fingerprint density at radius 1 is 1.31 bits per heavy atom. The number of rotatable bonds is 2. The maximum atomic E-state index is 11.7. The van der Waals surface area contributed by atoms with Crippen LogP contribution in [0.5, 0.6) is 5.75 Å². The molecule has 0 spiro atoms. The van der Waals surface area contributed by atoms with Crippen molar-refractivity contribution in [2.24, 2.45) is 0 Å². The summed E-state index contributed by atoms with van der Waals surface area (Å²) in [5.41, 5.74) is 1.10. The number of aliphatic hydroxyl groups is 1. The average Bonchev–Trinajstić information content (AvgIpc) is 2.54. The number of benzene rings is 1. The van der Waals surface area contributed by atoms with Crippen LogP contribution in [0.1, 0.15) is 5.56 Å². The predicted octanol–water partition coefficient (Wildman–Crippen LogP) is 1.44. The van der Waals surface area contributed by atoms with Crippen molar-refractivity contribution in [1.29, 1.82) is 0 Å². The van der Waals surface area contributed by atoms with Crippen molar-refractivity contribution in [2.75, 3.05) is 20.7 Å². The molecule has 0 aliphatic carbocycles. The molecular weight excluding hydrogens is 206 g/mol. The zero-order chi connectivity index (χ0) is 11.7. The highest BCUT2D eigenvalue weighted by Crippen LogP contribution is 2.27. The van der Waals surface area contributed by atoms with Crippen molar-refractivity contribution < 1.29 is 14.6 Å². The molecule has 2 rings (SSSR count). The molecule has 0 unspecified atom stereocenters. The molecule has 1 aromatic rings. The molecular formula is C12H13NO3. The van der Waals surface area contributed by atoms with Gasteiger partial charge < -0.3 is 14.7 Å². The first-order valence-electron chi connectivity index (χ1n) is 4.95. The van der Waals surface area contributed by atoms with Gasteiger partial charge in [-0.05, 0) is 17.7 Å². The van der Waals surface area contributed by atoms with E-state index >= 15 is 0 Å². The molecule has 1 aliphatic heterocycles. The number of aliphatic hydroxyl groups excluding tert-OH is 1. The van der Waals surface area contributed by atoms with Crippen molar-refractivity contribution in [3.63, 3.8) is 0 Å². The quantitative estimate of drug-likeness (QED) is 0.818. The van der Waals surface area contributed by atoms with E-state index < -0.39 is 0 Å². The summed E-state index contributed by atoms with van der Waals surface area (Å²) in [6, 6.07) is 7.06.